The van der Waals surface area contributed by atoms with E-state index < -0.39 is 0 Å². The highest BCUT2D eigenvalue weighted by molar-refractivity contribution is 8.11. The van der Waals surface area contributed by atoms with Gasteiger partial charge < -0.3 is 19.5 Å². The predicted molar refractivity (Wildman–Crippen MR) is 123 cm³/mol. The first kappa shape index (κ1) is 22.3. The van der Waals surface area contributed by atoms with Crippen LogP contribution in [0.4, 0.5) is 5.69 Å². The van der Waals surface area contributed by atoms with E-state index >= 15 is 0 Å². The van der Waals surface area contributed by atoms with E-state index in [-0.39, 0.29) is 11.8 Å². The van der Waals surface area contributed by atoms with Crippen molar-refractivity contribution < 1.29 is 19.0 Å². The number of allylic oxidation sites excluding steroid dienone is 3. The summed E-state index contributed by atoms with van der Waals surface area (Å²) in [7, 11) is 1.64. The molecular weight excluding hydrogens is 400 g/mol. The highest BCUT2D eigenvalue weighted by Crippen LogP contribution is 2.37. The highest BCUT2D eigenvalue weighted by atomic mass is 32.2. The maximum absolute atomic E-state index is 12.3. The number of carbonyl (C=O) groups excluding carboxylic acids is 1. The summed E-state index contributed by atoms with van der Waals surface area (Å²) in [6, 6.07) is 7.64. The molecule has 1 aromatic heterocycles. The van der Waals surface area contributed by atoms with Crippen molar-refractivity contribution in [2.45, 2.75) is 20.8 Å². The fourth-order valence-electron chi connectivity index (χ4n) is 2.88. The lowest BCUT2D eigenvalue weighted by molar-refractivity contribution is -0.133. The van der Waals surface area contributed by atoms with Gasteiger partial charge in [0.05, 0.1) is 36.9 Å². The maximum atomic E-state index is 12.3. The number of pyridine rings is 1. The fraction of sp³-hybridized carbons (Fsp3) is 0.391. The second-order valence-electron chi connectivity index (χ2n) is 6.96. The molecule has 160 valence electrons. The van der Waals surface area contributed by atoms with Gasteiger partial charge in [-0.05, 0) is 43.9 Å². The number of rotatable bonds is 9. The third-order valence-corrected chi connectivity index (χ3v) is 6.01. The Labute approximate surface area is 181 Å². The summed E-state index contributed by atoms with van der Waals surface area (Å²) in [4.78, 5) is 19.4. The van der Waals surface area contributed by atoms with Gasteiger partial charge in [0.1, 0.15) is 12.4 Å². The molecule has 6 nitrogen and oxygen atoms in total. The zero-order valence-electron chi connectivity index (χ0n) is 17.9. The number of ether oxygens (including phenoxy) is 3. The van der Waals surface area contributed by atoms with Crippen molar-refractivity contribution in [3.05, 3.63) is 47.0 Å². The summed E-state index contributed by atoms with van der Waals surface area (Å²) < 4.78 is 16.3. The Morgan fingerprint density at radius 3 is 2.70 bits per heavy atom. The monoisotopic (exact) mass is 428 g/mol. The van der Waals surface area contributed by atoms with E-state index in [9.17, 15) is 4.79 Å². The van der Waals surface area contributed by atoms with Crippen LogP contribution in [0.5, 0.6) is 5.75 Å². The number of methoxy groups -OCH3 is 1. The summed E-state index contributed by atoms with van der Waals surface area (Å²) in [5.74, 6) is 0.609. The molecular formula is C23H28N2O4S. The number of amides is 1. The number of hydrogen-bond acceptors (Lipinski definition) is 6. The lowest BCUT2D eigenvalue weighted by Crippen LogP contribution is -2.38. The molecule has 0 aliphatic carbocycles. The molecule has 1 fully saturated rings. The Morgan fingerprint density at radius 2 is 2.07 bits per heavy atom. The highest BCUT2D eigenvalue weighted by Gasteiger charge is 2.26. The number of hydrogen-bond donors (Lipinski definition) is 1. The summed E-state index contributed by atoms with van der Waals surface area (Å²) in [6.07, 6.45) is 4.13. The zero-order chi connectivity index (χ0) is 21.5. The number of aromatic nitrogens is 1. The average molecular weight is 429 g/mol. The number of nitrogens with one attached hydrogen (secondary N) is 1. The van der Waals surface area contributed by atoms with Gasteiger partial charge in [0.2, 0.25) is 5.91 Å². The molecule has 3 rings (SSSR count). The van der Waals surface area contributed by atoms with Crippen LogP contribution in [0.3, 0.4) is 0 Å². The molecule has 1 aliphatic rings. The van der Waals surface area contributed by atoms with E-state index in [4.69, 9.17) is 19.2 Å². The van der Waals surface area contributed by atoms with Crippen LogP contribution >= 0.6 is 11.8 Å². The Morgan fingerprint density at radius 1 is 1.27 bits per heavy atom. The van der Waals surface area contributed by atoms with Crippen molar-refractivity contribution in [2.75, 3.05) is 38.9 Å². The van der Waals surface area contributed by atoms with E-state index in [0.29, 0.717) is 32.2 Å². The summed E-state index contributed by atoms with van der Waals surface area (Å²) in [6.45, 7) is 7.97. The SMILES string of the molecule is C/C=C(/C)S/C(=C\C)c1cc(OCCOC)c2cc(NC(=O)C3COC3)ccc2n1. The third kappa shape index (κ3) is 5.41. The second-order valence-corrected chi connectivity index (χ2v) is 8.24. The average Bonchev–Trinajstić information content (AvgIpc) is 2.70. The quantitative estimate of drug-likeness (QED) is 0.575. The van der Waals surface area contributed by atoms with Crippen molar-refractivity contribution in [1.82, 2.24) is 4.98 Å². The molecule has 30 heavy (non-hydrogen) atoms. The zero-order valence-corrected chi connectivity index (χ0v) is 18.7. The van der Waals surface area contributed by atoms with Gasteiger partial charge in [0.25, 0.3) is 0 Å². The molecule has 1 aromatic carbocycles. The summed E-state index contributed by atoms with van der Waals surface area (Å²) in [5, 5.41) is 3.81. The van der Waals surface area contributed by atoms with Gasteiger partial charge in [-0.3, -0.25) is 4.79 Å². The van der Waals surface area contributed by atoms with Gasteiger partial charge in [-0.25, -0.2) is 4.98 Å². The Kier molecular flexibility index (Phi) is 7.90. The largest absolute Gasteiger partial charge is 0.490 e. The molecule has 0 saturated carbocycles. The number of benzene rings is 1. The first-order valence-corrected chi connectivity index (χ1v) is 10.8. The molecule has 1 aliphatic heterocycles. The number of carbonyl (C=O) groups is 1. The van der Waals surface area contributed by atoms with Crippen LogP contribution in [0.1, 0.15) is 26.5 Å². The summed E-state index contributed by atoms with van der Waals surface area (Å²) in [5.41, 5.74) is 2.38. The molecule has 0 spiro atoms. The third-order valence-electron chi connectivity index (χ3n) is 4.78. The van der Waals surface area contributed by atoms with E-state index in [1.54, 1.807) is 18.9 Å². The molecule has 0 unspecified atom stereocenters. The normalized spacial score (nSPS) is 15.2. The van der Waals surface area contributed by atoms with Crippen molar-refractivity contribution in [1.29, 1.82) is 0 Å². The molecule has 2 aromatic rings. The molecule has 0 atom stereocenters. The smallest absolute Gasteiger partial charge is 0.232 e. The Hall–Kier alpha value is -2.35. The van der Waals surface area contributed by atoms with Crippen LogP contribution in [0.15, 0.2) is 41.3 Å². The van der Waals surface area contributed by atoms with Crippen LogP contribution < -0.4 is 10.1 Å². The van der Waals surface area contributed by atoms with Crippen molar-refractivity contribution >= 4 is 39.2 Å². The van der Waals surface area contributed by atoms with Gasteiger partial charge in [-0.1, -0.05) is 23.9 Å². The molecule has 0 bridgehead atoms. The van der Waals surface area contributed by atoms with E-state index in [1.807, 2.05) is 38.1 Å². The van der Waals surface area contributed by atoms with Crippen molar-refractivity contribution in [3.8, 4) is 5.75 Å². The minimum Gasteiger partial charge on any atom is -0.490 e. The minimum absolute atomic E-state index is 0.0264. The van der Waals surface area contributed by atoms with Gasteiger partial charge in [-0.15, -0.1) is 0 Å². The fourth-order valence-corrected chi connectivity index (χ4v) is 3.67. The number of nitrogens with zero attached hydrogens (tertiary/aromatic N) is 1. The molecule has 1 saturated heterocycles. The lowest BCUT2D eigenvalue weighted by atomic mass is 10.1. The van der Waals surface area contributed by atoms with E-state index in [0.717, 1.165) is 27.2 Å². The molecule has 1 N–H and O–H groups in total. The van der Waals surface area contributed by atoms with Crippen LogP contribution in [-0.4, -0.2) is 44.4 Å². The molecule has 0 radical (unpaired) electrons. The number of fused-ring (bicyclic) bond motifs is 1. The van der Waals surface area contributed by atoms with Crippen molar-refractivity contribution in [2.24, 2.45) is 5.92 Å². The second kappa shape index (κ2) is 10.6. The van der Waals surface area contributed by atoms with E-state index in [1.165, 1.54) is 4.91 Å². The maximum Gasteiger partial charge on any atom is 0.232 e. The Bertz CT molecular complexity index is 967. The molecule has 7 heteroatoms. The van der Waals surface area contributed by atoms with Crippen LogP contribution in [-0.2, 0) is 14.3 Å². The first-order chi connectivity index (χ1) is 14.5. The number of anilines is 1. The van der Waals surface area contributed by atoms with Gasteiger partial charge in [0.15, 0.2) is 0 Å². The predicted octanol–water partition coefficient (Wildman–Crippen LogP) is 4.86. The number of thioether (sulfide) groups is 1. The molecule has 2 heterocycles. The van der Waals surface area contributed by atoms with Gasteiger partial charge >= 0.3 is 0 Å². The van der Waals surface area contributed by atoms with Crippen LogP contribution in [0, 0.1) is 5.92 Å². The first-order valence-electron chi connectivity index (χ1n) is 9.98. The Balaban J connectivity index is 1.96. The van der Waals surface area contributed by atoms with E-state index in [2.05, 4.69) is 24.4 Å². The lowest BCUT2D eigenvalue weighted by Gasteiger charge is -2.24. The summed E-state index contributed by atoms with van der Waals surface area (Å²) >= 11 is 1.68. The standard InChI is InChI=1S/C23H28N2O4S/c1-5-15(3)30-22(6-2)20-12-21(29-10-9-27-4)18-11-17(7-8-19(18)25-20)24-23(26)16-13-28-14-16/h5-8,11-12,16H,9-10,13-14H2,1-4H3,(H,24,26)/b15-5-,22-6-. The van der Waals surface area contributed by atoms with Crippen LogP contribution in [0.25, 0.3) is 15.8 Å². The topological polar surface area (TPSA) is 69.7 Å². The van der Waals surface area contributed by atoms with Crippen LogP contribution in [0.2, 0.25) is 0 Å². The van der Waals surface area contributed by atoms with Gasteiger partial charge in [-0.2, -0.15) is 0 Å². The minimum atomic E-state index is -0.0808. The van der Waals surface area contributed by atoms with Crippen molar-refractivity contribution in [3.63, 3.8) is 0 Å². The molecule has 1 amide bonds. The van der Waals surface area contributed by atoms with Gasteiger partial charge in [0, 0.05) is 29.2 Å².